The lowest BCUT2D eigenvalue weighted by Crippen LogP contribution is -2.42. The molecule has 0 heterocycles. The van der Waals surface area contributed by atoms with Crippen molar-refractivity contribution in [1.29, 1.82) is 0 Å². The predicted molar refractivity (Wildman–Crippen MR) is 61.1 cm³/mol. The first kappa shape index (κ1) is 10.5. The molecule has 0 aliphatic heterocycles. The minimum atomic E-state index is 0.543. The highest BCUT2D eigenvalue weighted by Crippen LogP contribution is 2.38. The van der Waals surface area contributed by atoms with Crippen molar-refractivity contribution in [2.24, 2.45) is 23.5 Å². The molecule has 1 heteroatoms. The Balaban J connectivity index is 1.76. The fraction of sp³-hybridized carbons (Fsp3) is 1.00. The Morgan fingerprint density at radius 1 is 1.00 bits per heavy atom. The zero-order valence-electron chi connectivity index (χ0n) is 9.54. The second-order valence-electron chi connectivity index (χ2n) is 5.46. The lowest BCUT2D eigenvalue weighted by Gasteiger charge is -2.39. The average molecular weight is 195 g/mol. The Bertz CT molecular complexity index is 166. The minimum absolute atomic E-state index is 0.543. The van der Waals surface area contributed by atoms with E-state index in [1.165, 1.54) is 51.4 Å². The number of rotatable bonds is 3. The van der Waals surface area contributed by atoms with Crippen molar-refractivity contribution in [3.63, 3.8) is 0 Å². The van der Waals surface area contributed by atoms with Crippen LogP contribution in [0.3, 0.4) is 0 Å². The molecule has 0 amide bonds. The van der Waals surface area contributed by atoms with Crippen molar-refractivity contribution in [3.05, 3.63) is 0 Å². The topological polar surface area (TPSA) is 26.0 Å². The highest BCUT2D eigenvalue weighted by atomic mass is 14.7. The molecule has 2 saturated carbocycles. The van der Waals surface area contributed by atoms with Gasteiger partial charge in [0.25, 0.3) is 0 Å². The summed E-state index contributed by atoms with van der Waals surface area (Å²) in [5.41, 5.74) is 6.34. The second-order valence-corrected chi connectivity index (χ2v) is 5.46. The van der Waals surface area contributed by atoms with Crippen LogP contribution in [-0.4, -0.2) is 6.04 Å². The number of hydrogen-bond donors (Lipinski definition) is 1. The maximum Gasteiger partial charge on any atom is 0.00956 e. The van der Waals surface area contributed by atoms with Crippen molar-refractivity contribution in [2.75, 3.05) is 0 Å². The van der Waals surface area contributed by atoms with Crippen LogP contribution in [-0.2, 0) is 0 Å². The third-order valence-electron chi connectivity index (χ3n) is 4.71. The molecular weight excluding hydrogens is 170 g/mol. The molecule has 2 aliphatic carbocycles. The van der Waals surface area contributed by atoms with Gasteiger partial charge in [-0.15, -0.1) is 0 Å². The fourth-order valence-corrected chi connectivity index (χ4v) is 3.19. The van der Waals surface area contributed by atoms with E-state index in [0.717, 1.165) is 17.8 Å². The van der Waals surface area contributed by atoms with Gasteiger partial charge in [0, 0.05) is 6.04 Å². The van der Waals surface area contributed by atoms with Crippen molar-refractivity contribution in [3.8, 4) is 0 Å². The standard InChI is InChI=1S/C13H25N/c1-2-10-6-8-12(9-7-10)13(14)11-4-3-5-11/h10-13H,2-9,14H2,1H3. The van der Waals surface area contributed by atoms with Crippen LogP contribution in [0, 0.1) is 17.8 Å². The number of nitrogens with two attached hydrogens (primary N) is 1. The van der Waals surface area contributed by atoms with Crippen molar-refractivity contribution in [2.45, 2.75) is 64.3 Å². The highest BCUT2D eigenvalue weighted by Gasteiger charge is 2.32. The number of hydrogen-bond acceptors (Lipinski definition) is 1. The van der Waals surface area contributed by atoms with Gasteiger partial charge in [0.1, 0.15) is 0 Å². The van der Waals surface area contributed by atoms with Gasteiger partial charge in [-0.2, -0.15) is 0 Å². The van der Waals surface area contributed by atoms with E-state index in [1.54, 1.807) is 0 Å². The Labute approximate surface area is 88.4 Å². The highest BCUT2D eigenvalue weighted by molar-refractivity contribution is 4.87. The summed E-state index contributed by atoms with van der Waals surface area (Å²) < 4.78 is 0. The first-order valence-electron chi connectivity index (χ1n) is 6.56. The largest absolute Gasteiger partial charge is 0.327 e. The fourth-order valence-electron chi connectivity index (χ4n) is 3.19. The molecule has 82 valence electrons. The first-order chi connectivity index (χ1) is 6.81. The van der Waals surface area contributed by atoms with E-state index in [1.807, 2.05) is 0 Å². The summed E-state index contributed by atoms with van der Waals surface area (Å²) >= 11 is 0. The van der Waals surface area contributed by atoms with E-state index < -0.39 is 0 Å². The molecule has 2 fully saturated rings. The summed E-state index contributed by atoms with van der Waals surface area (Å²) in [6.07, 6.45) is 11.4. The van der Waals surface area contributed by atoms with Crippen molar-refractivity contribution in [1.82, 2.24) is 0 Å². The molecule has 1 nitrogen and oxygen atoms in total. The van der Waals surface area contributed by atoms with Crippen LogP contribution >= 0.6 is 0 Å². The molecule has 2 aliphatic rings. The van der Waals surface area contributed by atoms with E-state index in [2.05, 4.69) is 6.92 Å². The lowest BCUT2D eigenvalue weighted by molar-refractivity contribution is 0.157. The van der Waals surface area contributed by atoms with Crippen LogP contribution in [0.5, 0.6) is 0 Å². The third kappa shape index (κ3) is 2.13. The smallest absolute Gasteiger partial charge is 0.00956 e. The molecule has 1 unspecified atom stereocenters. The summed E-state index contributed by atoms with van der Waals surface area (Å²) in [4.78, 5) is 0. The van der Waals surface area contributed by atoms with Crippen LogP contribution in [0.1, 0.15) is 58.3 Å². The lowest BCUT2D eigenvalue weighted by atomic mass is 9.69. The summed E-state index contributed by atoms with van der Waals surface area (Å²) in [5.74, 6) is 2.76. The molecule has 0 spiro atoms. The van der Waals surface area contributed by atoms with Gasteiger partial charge in [-0.25, -0.2) is 0 Å². The minimum Gasteiger partial charge on any atom is -0.327 e. The molecule has 0 aromatic rings. The third-order valence-corrected chi connectivity index (χ3v) is 4.71. The average Bonchev–Trinajstić information content (AvgIpc) is 2.15. The van der Waals surface area contributed by atoms with Gasteiger partial charge < -0.3 is 5.73 Å². The zero-order valence-corrected chi connectivity index (χ0v) is 9.54. The molecule has 0 aromatic heterocycles. The molecule has 0 aromatic carbocycles. The SMILES string of the molecule is CCC1CCC(C(N)C2CCC2)CC1. The van der Waals surface area contributed by atoms with E-state index in [-0.39, 0.29) is 0 Å². The van der Waals surface area contributed by atoms with E-state index in [9.17, 15) is 0 Å². The van der Waals surface area contributed by atoms with Crippen LogP contribution in [0.15, 0.2) is 0 Å². The van der Waals surface area contributed by atoms with Crippen LogP contribution in [0.2, 0.25) is 0 Å². The summed E-state index contributed by atoms with van der Waals surface area (Å²) in [6, 6.07) is 0.543. The summed E-state index contributed by atoms with van der Waals surface area (Å²) in [6.45, 7) is 2.33. The van der Waals surface area contributed by atoms with Gasteiger partial charge in [-0.05, 0) is 43.4 Å². The maximum absolute atomic E-state index is 6.34. The van der Waals surface area contributed by atoms with Crippen LogP contribution in [0.25, 0.3) is 0 Å². The summed E-state index contributed by atoms with van der Waals surface area (Å²) in [7, 11) is 0. The van der Waals surface area contributed by atoms with E-state index in [4.69, 9.17) is 5.73 Å². The van der Waals surface area contributed by atoms with Gasteiger partial charge in [-0.1, -0.05) is 32.6 Å². The van der Waals surface area contributed by atoms with Gasteiger partial charge >= 0.3 is 0 Å². The zero-order chi connectivity index (χ0) is 9.97. The van der Waals surface area contributed by atoms with Gasteiger partial charge in [0.2, 0.25) is 0 Å². The Kier molecular flexibility index (Phi) is 3.48. The monoisotopic (exact) mass is 195 g/mol. The normalized spacial score (nSPS) is 36.4. The van der Waals surface area contributed by atoms with Crippen molar-refractivity contribution >= 4 is 0 Å². The van der Waals surface area contributed by atoms with Gasteiger partial charge in [-0.3, -0.25) is 0 Å². The quantitative estimate of drug-likeness (QED) is 0.734. The maximum atomic E-state index is 6.34. The molecule has 0 saturated heterocycles. The van der Waals surface area contributed by atoms with Gasteiger partial charge in [0.15, 0.2) is 0 Å². The van der Waals surface area contributed by atoms with Crippen LogP contribution in [0.4, 0.5) is 0 Å². The molecular formula is C13H25N. The van der Waals surface area contributed by atoms with Crippen LogP contribution < -0.4 is 5.73 Å². The van der Waals surface area contributed by atoms with E-state index >= 15 is 0 Å². The Morgan fingerprint density at radius 2 is 1.57 bits per heavy atom. The molecule has 2 N–H and O–H groups in total. The second kappa shape index (κ2) is 4.65. The molecule has 2 rings (SSSR count). The summed E-state index contributed by atoms with van der Waals surface area (Å²) in [5, 5.41) is 0. The molecule has 0 radical (unpaired) electrons. The molecule has 14 heavy (non-hydrogen) atoms. The van der Waals surface area contributed by atoms with Gasteiger partial charge in [0.05, 0.1) is 0 Å². The molecule has 0 bridgehead atoms. The Hall–Kier alpha value is -0.0400. The first-order valence-corrected chi connectivity index (χ1v) is 6.56. The van der Waals surface area contributed by atoms with Crippen molar-refractivity contribution < 1.29 is 0 Å². The Morgan fingerprint density at radius 3 is 2.00 bits per heavy atom. The van der Waals surface area contributed by atoms with E-state index in [0.29, 0.717) is 6.04 Å². The molecule has 1 atom stereocenters. The predicted octanol–water partition coefficient (Wildman–Crippen LogP) is 3.33.